The first-order valence-electron chi connectivity index (χ1n) is 12.2. The molecule has 4 nitrogen and oxygen atoms in total. The smallest absolute Gasteiger partial charge is 0.306 e. The summed E-state index contributed by atoms with van der Waals surface area (Å²) in [5.74, 6) is 1.74. The van der Waals surface area contributed by atoms with E-state index in [0.29, 0.717) is 0 Å². The van der Waals surface area contributed by atoms with Crippen molar-refractivity contribution in [2.45, 2.75) is 0 Å². The highest BCUT2D eigenvalue weighted by Crippen LogP contribution is 2.40. The van der Waals surface area contributed by atoms with Crippen LogP contribution in [0.25, 0.3) is 49.3 Å². The van der Waals surface area contributed by atoms with Crippen LogP contribution in [0.1, 0.15) is 5.56 Å². The molecule has 0 bridgehead atoms. The second-order valence-corrected chi connectivity index (χ2v) is 9.17. The van der Waals surface area contributed by atoms with Crippen LogP contribution in [-0.4, -0.2) is 20.9 Å². The lowest BCUT2D eigenvalue weighted by atomic mass is 10.1. The van der Waals surface area contributed by atoms with Crippen molar-refractivity contribution >= 4 is 55.4 Å². The number of nitrogens with zero attached hydrogens (tertiary/aromatic N) is 3. The van der Waals surface area contributed by atoms with Gasteiger partial charge < -0.3 is 4.57 Å². The molecule has 0 aliphatic carbocycles. The number of benzene rings is 5. The molecule has 3 heterocycles. The summed E-state index contributed by atoms with van der Waals surface area (Å²) < 4.78 is 9.66. The zero-order valence-corrected chi connectivity index (χ0v) is 19.4. The fraction of sp³-hybridized carbons (Fsp3) is 0. The lowest BCUT2D eigenvalue weighted by Gasteiger charge is -2.13. The standard InChI is InChI=1S/C32H20N4/c1-3-11-21(12-4-1)31-33-32(34-31)36-28-18-10-8-16-24(28)26-20-19-25-23-15-7-9-17-27(23)35(29(25)30(26)36)22-13-5-2-6-14-22/h1-20H/p+1. The first-order chi connectivity index (χ1) is 17.9. The van der Waals surface area contributed by atoms with E-state index < -0.39 is 0 Å². The molecule has 36 heavy (non-hydrogen) atoms. The molecule has 0 radical (unpaired) electrons. The summed E-state index contributed by atoms with van der Waals surface area (Å²) in [4.78, 5) is 0. The summed E-state index contributed by atoms with van der Waals surface area (Å²) in [6.07, 6.45) is 0. The van der Waals surface area contributed by atoms with E-state index in [1.807, 2.05) is 18.2 Å². The highest BCUT2D eigenvalue weighted by atomic mass is 15.3. The number of nitrogens with one attached hydrogen (secondary N) is 1. The van der Waals surface area contributed by atoms with Crippen molar-refractivity contribution in [3.8, 4) is 5.69 Å². The molecule has 0 unspecified atom stereocenters. The molecule has 7 aromatic rings. The number of hydrogen-bond acceptors (Lipinski definition) is 1. The van der Waals surface area contributed by atoms with Crippen molar-refractivity contribution in [1.29, 1.82) is 0 Å². The topological polar surface area (TPSA) is 36.0 Å². The second kappa shape index (κ2) is 7.22. The lowest BCUT2D eigenvalue weighted by Crippen LogP contribution is -2.48. The third-order valence-corrected chi connectivity index (χ3v) is 7.19. The molecule has 2 aromatic heterocycles. The third kappa shape index (κ3) is 2.56. The van der Waals surface area contributed by atoms with Crippen LogP contribution in [0.15, 0.2) is 121 Å². The average molecular weight is 462 g/mol. The number of rotatable bonds is 2. The van der Waals surface area contributed by atoms with Crippen LogP contribution in [0.4, 0.5) is 0 Å². The first kappa shape index (κ1) is 19.3. The molecule has 0 saturated carbocycles. The molecule has 168 valence electrons. The Morgan fingerprint density at radius 3 is 1.61 bits per heavy atom. The third-order valence-electron chi connectivity index (χ3n) is 7.19. The minimum Gasteiger partial charge on any atom is -0.306 e. The minimum atomic E-state index is 0.845. The molecule has 5 aromatic carbocycles. The van der Waals surface area contributed by atoms with E-state index in [1.165, 1.54) is 32.6 Å². The highest BCUT2D eigenvalue weighted by Gasteiger charge is 2.31. The largest absolute Gasteiger partial charge is 0.415 e. The Hall–Kier alpha value is -5.05. The van der Waals surface area contributed by atoms with Gasteiger partial charge in [-0.05, 0) is 36.4 Å². The van der Waals surface area contributed by atoms with E-state index in [4.69, 9.17) is 4.67 Å². The Kier molecular flexibility index (Phi) is 3.87. The van der Waals surface area contributed by atoms with Crippen molar-refractivity contribution in [3.63, 3.8) is 0 Å². The highest BCUT2D eigenvalue weighted by molar-refractivity contribution is 6.28. The Morgan fingerprint density at radius 2 is 0.972 bits per heavy atom. The predicted molar refractivity (Wildman–Crippen MR) is 150 cm³/mol. The van der Waals surface area contributed by atoms with Crippen molar-refractivity contribution in [2.75, 3.05) is 0 Å². The Bertz CT molecular complexity index is 2040. The number of aromatic nitrogens is 2. The number of para-hydroxylation sites is 3. The Balaban J connectivity index is 1.57. The summed E-state index contributed by atoms with van der Waals surface area (Å²) in [5, 5.41) is 8.48. The molecule has 1 N–H and O–H groups in total. The zero-order valence-electron chi connectivity index (χ0n) is 19.4. The van der Waals surface area contributed by atoms with E-state index in [-0.39, 0.29) is 0 Å². The van der Waals surface area contributed by atoms with Gasteiger partial charge in [0.15, 0.2) is 0 Å². The SMILES string of the molecule is c1ccc(C2=[N+]=C(n3c4ccccc4c4ccc5c6ccccc6n(-c6ccccc6)c5c43)N2)cc1. The Morgan fingerprint density at radius 1 is 0.472 bits per heavy atom. The molecule has 8 rings (SSSR count). The van der Waals surface area contributed by atoms with Gasteiger partial charge in [-0.3, -0.25) is 0 Å². The van der Waals surface area contributed by atoms with Gasteiger partial charge in [0.05, 0.1) is 16.6 Å². The molecule has 0 fully saturated rings. The van der Waals surface area contributed by atoms with Crippen molar-refractivity contribution in [2.24, 2.45) is 0 Å². The maximum atomic E-state index is 4.97. The number of fused-ring (bicyclic) bond motifs is 7. The fourth-order valence-corrected chi connectivity index (χ4v) is 5.62. The normalized spacial score (nSPS) is 13.1. The summed E-state index contributed by atoms with van der Waals surface area (Å²) in [6.45, 7) is 0. The van der Waals surface area contributed by atoms with Crippen molar-refractivity contribution in [1.82, 2.24) is 19.1 Å². The molecule has 1 aliphatic heterocycles. The minimum absolute atomic E-state index is 0.845. The first-order valence-corrected chi connectivity index (χ1v) is 12.2. The van der Waals surface area contributed by atoms with Gasteiger partial charge in [0.2, 0.25) is 0 Å². The number of amidine groups is 1. The van der Waals surface area contributed by atoms with E-state index in [2.05, 4.69) is 118 Å². The second-order valence-electron chi connectivity index (χ2n) is 9.17. The molecular formula is C32H21N4+. The van der Waals surface area contributed by atoms with Gasteiger partial charge in [0.1, 0.15) is 11.0 Å². The van der Waals surface area contributed by atoms with Gasteiger partial charge in [-0.1, -0.05) is 84.9 Å². The van der Waals surface area contributed by atoms with Gasteiger partial charge in [0.25, 0.3) is 5.84 Å². The maximum absolute atomic E-state index is 4.97. The Labute approximate surface area is 207 Å². The molecule has 4 heteroatoms. The molecular weight excluding hydrogens is 440 g/mol. The van der Waals surface area contributed by atoms with Crippen LogP contribution >= 0.6 is 0 Å². The van der Waals surface area contributed by atoms with Crippen molar-refractivity contribution in [3.05, 3.63) is 127 Å². The molecule has 0 saturated heterocycles. The monoisotopic (exact) mass is 461 g/mol. The van der Waals surface area contributed by atoms with E-state index >= 15 is 0 Å². The molecule has 0 amide bonds. The van der Waals surface area contributed by atoms with Crippen LogP contribution in [0.3, 0.4) is 0 Å². The molecule has 0 atom stereocenters. The van der Waals surface area contributed by atoms with Crippen LogP contribution < -0.4 is 9.98 Å². The van der Waals surface area contributed by atoms with E-state index in [1.54, 1.807) is 0 Å². The van der Waals surface area contributed by atoms with Gasteiger partial charge in [0, 0.05) is 27.2 Å². The summed E-state index contributed by atoms with van der Waals surface area (Å²) in [5.41, 5.74) is 6.92. The van der Waals surface area contributed by atoms with Crippen LogP contribution in [0.2, 0.25) is 0 Å². The maximum Gasteiger partial charge on any atom is 0.415 e. The van der Waals surface area contributed by atoms with Gasteiger partial charge in [-0.2, -0.15) is 0 Å². The van der Waals surface area contributed by atoms with Crippen molar-refractivity contribution < 1.29 is 0 Å². The van der Waals surface area contributed by atoms with Crippen LogP contribution in [-0.2, 0) is 0 Å². The van der Waals surface area contributed by atoms with E-state index in [0.717, 1.165) is 34.1 Å². The lowest BCUT2D eigenvalue weighted by molar-refractivity contribution is 1.08. The van der Waals surface area contributed by atoms with Gasteiger partial charge in [-0.25, -0.2) is 14.6 Å². The zero-order chi connectivity index (χ0) is 23.6. The van der Waals surface area contributed by atoms with Crippen LogP contribution in [0, 0.1) is 0 Å². The van der Waals surface area contributed by atoms with Gasteiger partial charge in [-0.15, -0.1) is 0 Å². The van der Waals surface area contributed by atoms with Gasteiger partial charge >= 0.3 is 5.96 Å². The number of hydrogen-bond donors (Lipinski definition) is 1. The summed E-state index contributed by atoms with van der Waals surface area (Å²) >= 11 is 0. The molecule has 0 spiro atoms. The average Bonchev–Trinajstić information content (AvgIpc) is 3.42. The fourth-order valence-electron chi connectivity index (χ4n) is 5.62. The summed E-state index contributed by atoms with van der Waals surface area (Å²) in [7, 11) is 0. The summed E-state index contributed by atoms with van der Waals surface area (Å²) in [6, 6.07) is 42.7. The van der Waals surface area contributed by atoms with E-state index in [9.17, 15) is 0 Å². The quantitative estimate of drug-likeness (QED) is 0.305. The van der Waals surface area contributed by atoms with Crippen LogP contribution in [0.5, 0.6) is 0 Å². The predicted octanol–water partition coefficient (Wildman–Crippen LogP) is 6.21. The molecule has 1 aliphatic rings.